The fourth-order valence-corrected chi connectivity index (χ4v) is 4.45. The fraction of sp³-hybridized carbons (Fsp3) is 0.346. The van der Waals surface area contributed by atoms with Crippen molar-refractivity contribution in [3.8, 4) is 17.2 Å². The number of amides is 1. The Labute approximate surface area is 204 Å². The van der Waals surface area contributed by atoms with Gasteiger partial charge in [0.2, 0.25) is 0 Å². The molecule has 9 nitrogen and oxygen atoms in total. The zero-order valence-corrected chi connectivity index (χ0v) is 20.3. The lowest BCUT2D eigenvalue weighted by atomic mass is 9.93. The molecule has 0 saturated carbocycles. The van der Waals surface area contributed by atoms with Gasteiger partial charge in [0.15, 0.2) is 5.82 Å². The first-order valence-electron chi connectivity index (χ1n) is 12.0. The van der Waals surface area contributed by atoms with Gasteiger partial charge >= 0.3 is 0 Å². The predicted molar refractivity (Wildman–Crippen MR) is 135 cm³/mol. The van der Waals surface area contributed by atoms with E-state index in [4.69, 9.17) is 5.10 Å². The van der Waals surface area contributed by atoms with Crippen molar-refractivity contribution in [3.63, 3.8) is 0 Å². The highest BCUT2D eigenvalue weighted by Gasteiger charge is 2.26. The number of anilines is 1. The number of nitrogens with zero attached hydrogens (tertiary/aromatic N) is 6. The summed E-state index contributed by atoms with van der Waals surface area (Å²) in [6.07, 6.45) is 5.54. The van der Waals surface area contributed by atoms with E-state index < -0.39 is 0 Å². The number of aromatic nitrogens is 6. The van der Waals surface area contributed by atoms with Gasteiger partial charge in [0.05, 0.1) is 17.1 Å². The smallest absolute Gasteiger partial charge is 0.275 e. The molecule has 9 heteroatoms. The minimum atomic E-state index is -0.305. The van der Waals surface area contributed by atoms with Crippen LogP contribution in [0, 0.1) is 6.92 Å². The summed E-state index contributed by atoms with van der Waals surface area (Å²) in [6, 6.07) is 13.6. The molecule has 5 heterocycles. The van der Waals surface area contributed by atoms with Gasteiger partial charge in [0.1, 0.15) is 11.5 Å². The first-order chi connectivity index (χ1) is 17.0. The third kappa shape index (κ3) is 5.00. The van der Waals surface area contributed by atoms with E-state index >= 15 is 0 Å². The van der Waals surface area contributed by atoms with E-state index in [1.165, 1.54) is 0 Å². The molecule has 1 saturated heterocycles. The Morgan fingerprint density at radius 3 is 2.66 bits per heavy atom. The second kappa shape index (κ2) is 9.79. The molecule has 4 aromatic rings. The topological polar surface area (TPSA) is 105 Å². The summed E-state index contributed by atoms with van der Waals surface area (Å²) >= 11 is 0. The van der Waals surface area contributed by atoms with Gasteiger partial charge < -0.3 is 10.2 Å². The molecule has 1 aliphatic heterocycles. The van der Waals surface area contributed by atoms with E-state index in [0.717, 1.165) is 42.9 Å². The third-order valence-corrected chi connectivity index (χ3v) is 6.52. The van der Waals surface area contributed by atoms with Crippen molar-refractivity contribution >= 4 is 11.7 Å². The lowest BCUT2D eigenvalue weighted by Gasteiger charge is -2.33. The summed E-state index contributed by atoms with van der Waals surface area (Å²) in [6.45, 7) is 8.56. The van der Waals surface area contributed by atoms with Gasteiger partial charge in [-0.25, -0.2) is 9.97 Å². The fourth-order valence-electron chi connectivity index (χ4n) is 4.45. The Hall–Kier alpha value is -3.85. The van der Waals surface area contributed by atoms with Crippen LogP contribution in [-0.2, 0) is 0 Å². The molecule has 1 aliphatic rings. The Morgan fingerprint density at radius 1 is 1.14 bits per heavy atom. The highest BCUT2D eigenvalue weighted by atomic mass is 16.2. The molecule has 0 bridgehead atoms. The number of likely N-dealkylation sites (tertiary alicyclic amines) is 1. The van der Waals surface area contributed by atoms with Gasteiger partial charge in [-0.3, -0.25) is 9.89 Å². The maximum Gasteiger partial charge on any atom is 0.275 e. The van der Waals surface area contributed by atoms with Crippen molar-refractivity contribution in [2.75, 3.05) is 18.4 Å². The summed E-state index contributed by atoms with van der Waals surface area (Å²) in [7, 11) is 0. The lowest BCUT2D eigenvalue weighted by molar-refractivity contribution is 0.102. The van der Waals surface area contributed by atoms with Crippen LogP contribution in [0.2, 0.25) is 0 Å². The largest absolute Gasteiger partial charge is 0.305 e. The molecular formula is C26H30N8O. The summed E-state index contributed by atoms with van der Waals surface area (Å²) in [5.41, 5.74) is 3.76. The number of rotatable bonds is 6. The first-order valence-corrected chi connectivity index (χ1v) is 12.0. The number of aryl methyl sites for hydroxylation is 1. The van der Waals surface area contributed by atoms with Gasteiger partial charge in [-0.15, -0.1) is 0 Å². The van der Waals surface area contributed by atoms with Gasteiger partial charge in [-0.1, -0.05) is 12.1 Å². The van der Waals surface area contributed by atoms with Crippen LogP contribution in [0.5, 0.6) is 0 Å². The van der Waals surface area contributed by atoms with Crippen LogP contribution in [0.4, 0.5) is 5.82 Å². The second-order valence-corrected chi connectivity index (χ2v) is 9.30. The standard InChI is InChI=1S/C26H30N8O/c1-17(2)33-13-10-19(11-14-33)23-15-25(34(32-23)24-8-7-18(3)16-27-24)30-26(35)22-6-4-5-20(29-22)21-9-12-28-31-21/h4-9,12,15-17,19H,10-11,13-14H2,1-3H3,(H,28,31)(H,30,35). The second-order valence-electron chi connectivity index (χ2n) is 9.30. The monoisotopic (exact) mass is 470 g/mol. The van der Waals surface area contributed by atoms with E-state index in [1.54, 1.807) is 23.1 Å². The van der Waals surface area contributed by atoms with Crippen LogP contribution in [-0.4, -0.2) is 59.9 Å². The van der Waals surface area contributed by atoms with Gasteiger partial charge in [-0.05, 0) is 76.5 Å². The predicted octanol–water partition coefficient (Wildman–Crippen LogP) is 4.20. The van der Waals surface area contributed by atoms with Crippen molar-refractivity contribution in [3.05, 3.63) is 71.8 Å². The molecular weight excluding hydrogens is 440 g/mol. The SMILES string of the molecule is Cc1ccc(-n2nc(C3CCN(C(C)C)CC3)cc2NC(=O)c2cccc(-c3ccn[nH]3)n2)nc1. The molecule has 5 rings (SSSR count). The highest BCUT2D eigenvalue weighted by Crippen LogP contribution is 2.30. The minimum absolute atomic E-state index is 0.305. The molecule has 0 aromatic carbocycles. The first kappa shape index (κ1) is 22.9. The number of aromatic amines is 1. The quantitative estimate of drug-likeness (QED) is 0.438. The van der Waals surface area contributed by atoms with Crippen molar-refractivity contribution in [1.82, 2.24) is 34.8 Å². The van der Waals surface area contributed by atoms with Crippen molar-refractivity contribution in [2.45, 2.75) is 45.6 Å². The maximum absolute atomic E-state index is 13.2. The Balaban J connectivity index is 1.43. The number of piperidine rings is 1. The molecule has 0 aliphatic carbocycles. The van der Waals surface area contributed by atoms with Crippen LogP contribution in [0.3, 0.4) is 0 Å². The molecule has 0 atom stereocenters. The Morgan fingerprint density at radius 2 is 1.97 bits per heavy atom. The van der Waals surface area contributed by atoms with E-state index in [-0.39, 0.29) is 5.91 Å². The van der Waals surface area contributed by atoms with Crippen LogP contribution in [0.15, 0.2) is 54.9 Å². The van der Waals surface area contributed by atoms with Crippen LogP contribution >= 0.6 is 0 Å². The maximum atomic E-state index is 13.2. The van der Waals surface area contributed by atoms with Gasteiger partial charge in [0.25, 0.3) is 5.91 Å². The van der Waals surface area contributed by atoms with Crippen LogP contribution in [0.1, 0.15) is 54.4 Å². The average Bonchev–Trinajstić information content (AvgIpc) is 3.56. The number of hydrogen-bond acceptors (Lipinski definition) is 6. The molecule has 0 radical (unpaired) electrons. The average molecular weight is 471 g/mol. The van der Waals surface area contributed by atoms with Gasteiger partial charge in [0, 0.05) is 30.4 Å². The molecule has 180 valence electrons. The summed E-state index contributed by atoms with van der Waals surface area (Å²) in [5.74, 6) is 1.28. The van der Waals surface area contributed by atoms with Gasteiger partial charge in [-0.2, -0.15) is 14.9 Å². The molecule has 1 fully saturated rings. The number of nitrogens with one attached hydrogen (secondary N) is 2. The lowest BCUT2D eigenvalue weighted by Crippen LogP contribution is -2.37. The molecule has 0 unspecified atom stereocenters. The minimum Gasteiger partial charge on any atom is -0.305 e. The number of carbonyl (C=O) groups is 1. The van der Waals surface area contributed by atoms with Crippen molar-refractivity contribution < 1.29 is 4.79 Å². The number of hydrogen-bond donors (Lipinski definition) is 2. The normalized spacial score (nSPS) is 15.0. The molecule has 2 N–H and O–H groups in total. The highest BCUT2D eigenvalue weighted by molar-refractivity contribution is 6.02. The van der Waals surface area contributed by atoms with Crippen LogP contribution < -0.4 is 5.32 Å². The molecule has 0 spiro atoms. The van der Waals surface area contributed by atoms with Crippen molar-refractivity contribution in [1.29, 1.82) is 0 Å². The van der Waals surface area contributed by atoms with E-state index in [9.17, 15) is 4.79 Å². The third-order valence-electron chi connectivity index (χ3n) is 6.52. The number of H-pyrrole nitrogens is 1. The van der Waals surface area contributed by atoms with E-state index in [2.05, 4.69) is 44.2 Å². The summed E-state index contributed by atoms with van der Waals surface area (Å²) < 4.78 is 1.72. The van der Waals surface area contributed by atoms with E-state index in [1.807, 2.05) is 43.3 Å². The number of pyridine rings is 2. The zero-order chi connectivity index (χ0) is 24.4. The summed E-state index contributed by atoms with van der Waals surface area (Å²) in [4.78, 5) is 24.8. The number of carbonyl (C=O) groups excluding carboxylic acids is 1. The molecule has 35 heavy (non-hydrogen) atoms. The van der Waals surface area contributed by atoms with E-state index in [0.29, 0.717) is 35.0 Å². The van der Waals surface area contributed by atoms with Crippen molar-refractivity contribution in [2.24, 2.45) is 0 Å². The summed E-state index contributed by atoms with van der Waals surface area (Å²) in [5, 5.41) is 14.8. The molecule has 4 aromatic heterocycles. The Kier molecular flexibility index (Phi) is 6.41. The van der Waals surface area contributed by atoms with Crippen LogP contribution in [0.25, 0.3) is 17.2 Å². The Bertz CT molecular complexity index is 1290. The zero-order valence-electron chi connectivity index (χ0n) is 20.3. The molecule has 1 amide bonds.